The van der Waals surface area contributed by atoms with Gasteiger partial charge >= 0.3 is 5.69 Å². The molecule has 162 valence electrons. The van der Waals surface area contributed by atoms with E-state index in [1.165, 1.54) is 4.57 Å². The molecule has 0 atom stereocenters. The van der Waals surface area contributed by atoms with Crippen LogP contribution in [-0.4, -0.2) is 27.0 Å². The molecule has 1 aromatic carbocycles. The number of pyridine rings is 1. The molecule has 0 bridgehead atoms. The maximum atomic E-state index is 13.3. The summed E-state index contributed by atoms with van der Waals surface area (Å²) in [6.07, 6.45) is 2.72. The van der Waals surface area contributed by atoms with Gasteiger partial charge in [-0.25, -0.2) is 9.78 Å². The summed E-state index contributed by atoms with van der Waals surface area (Å²) in [7, 11) is 0. The van der Waals surface area contributed by atoms with Crippen LogP contribution in [0.1, 0.15) is 67.6 Å². The summed E-state index contributed by atoms with van der Waals surface area (Å²) in [5.41, 5.74) is 1.12. The monoisotopic (exact) mass is 420 g/mol. The van der Waals surface area contributed by atoms with Crippen LogP contribution in [0.3, 0.4) is 0 Å². The van der Waals surface area contributed by atoms with Gasteiger partial charge in [-0.3, -0.25) is 19.1 Å². The molecule has 31 heavy (non-hydrogen) atoms. The van der Waals surface area contributed by atoms with E-state index < -0.39 is 11.2 Å². The SMILES string of the molecule is CCCn1c(=O)[nH]c(=O)c2c(C(=O)NCC(C)(C)c3ccccc3)cc(C3CC3)nc21. The summed E-state index contributed by atoms with van der Waals surface area (Å²) in [6.45, 7) is 6.91. The van der Waals surface area contributed by atoms with Crippen molar-refractivity contribution in [1.82, 2.24) is 19.9 Å². The van der Waals surface area contributed by atoms with Crippen LogP contribution in [0.5, 0.6) is 0 Å². The maximum Gasteiger partial charge on any atom is 0.329 e. The molecule has 7 nitrogen and oxygen atoms in total. The van der Waals surface area contributed by atoms with Gasteiger partial charge in [0.25, 0.3) is 11.5 Å². The van der Waals surface area contributed by atoms with Gasteiger partial charge < -0.3 is 5.32 Å². The molecule has 4 rings (SSSR count). The van der Waals surface area contributed by atoms with Gasteiger partial charge in [0.05, 0.1) is 10.9 Å². The van der Waals surface area contributed by atoms with Crippen molar-refractivity contribution in [2.75, 3.05) is 6.54 Å². The van der Waals surface area contributed by atoms with Crippen molar-refractivity contribution < 1.29 is 4.79 Å². The molecule has 1 aliphatic rings. The first kappa shape index (κ1) is 21.0. The molecule has 0 unspecified atom stereocenters. The molecule has 1 amide bonds. The first-order valence-electron chi connectivity index (χ1n) is 10.8. The Labute approximate surface area is 180 Å². The highest BCUT2D eigenvalue weighted by Gasteiger charge is 2.29. The number of nitrogens with zero attached hydrogens (tertiary/aromatic N) is 2. The van der Waals surface area contributed by atoms with E-state index in [4.69, 9.17) is 0 Å². The van der Waals surface area contributed by atoms with E-state index >= 15 is 0 Å². The molecule has 0 aliphatic heterocycles. The fourth-order valence-electron chi connectivity index (χ4n) is 3.88. The number of nitrogens with one attached hydrogen (secondary N) is 2. The second kappa shape index (κ2) is 8.13. The van der Waals surface area contributed by atoms with Crippen molar-refractivity contribution >= 4 is 16.9 Å². The van der Waals surface area contributed by atoms with E-state index in [1.807, 2.05) is 37.3 Å². The number of fused-ring (bicyclic) bond motifs is 1. The Morgan fingerprint density at radius 2 is 1.94 bits per heavy atom. The second-order valence-electron chi connectivity index (χ2n) is 8.91. The van der Waals surface area contributed by atoms with Gasteiger partial charge in [0, 0.05) is 30.1 Å². The Morgan fingerprint density at radius 3 is 2.58 bits per heavy atom. The maximum absolute atomic E-state index is 13.3. The summed E-state index contributed by atoms with van der Waals surface area (Å²) in [4.78, 5) is 45.4. The number of carbonyl (C=O) groups excluding carboxylic acids is 1. The minimum absolute atomic E-state index is 0.174. The van der Waals surface area contributed by atoms with Gasteiger partial charge in [-0.1, -0.05) is 51.1 Å². The lowest BCUT2D eigenvalue weighted by molar-refractivity contribution is 0.0947. The van der Waals surface area contributed by atoms with Crippen LogP contribution in [0.15, 0.2) is 46.0 Å². The fraction of sp³-hybridized carbons (Fsp3) is 0.417. The predicted octanol–water partition coefficient (Wildman–Crippen LogP) is 3.08. The lowest BCUT2D eigenvalue weighted by Gasteiger charge is -2.25. The zero-order chi connectivity index (χ0) is 22.2. The van der Waals surface area contributed by atoms with E-state index in [2.05, 4.69) is 29.1 Å². The predicted molar refractivity (Wildman–Crippen MR) is 121 cm³/mol. The molecular formula is C24H28N4O3. The highest BCUT2D eigenvalue weighted by Crippen LogP contribution is 2.40. The Balaban J connectivity index is 1.75. The van der Waals surface area contributed by atoms with Crippen LogP contribution in [-0.2, 0) is 12.0 Å². The number of H-pyrrole nitrogens is 1. The number of aromatic amines is 1. The number of aryl methyl sites for hydroxylation is 1. The molecule has 0 saturated heterocycles. The minimum Gasteiger partial charge on any atom is -0.351 e. The highest BCUT2D eigenvalue weighted by molar-refractivity contribution is 6.05. The Hall–Kier alpha value is -3.22. The zero-order valence-corrected chi connectivity index (χ0v) is 18.2. The molecule has 3 aromatic rings. The van der Waals surface area contributed by atoms with Crippen molar-refractivity contribution in [1.29, 1.82) is 0 Å². The molecule has 2 N–H and O–H groups in total. The number of rotatable bonds is 7. The first-order valence-corrected chi connectivity index (χ1v) is 10.8. The van der Waals surface area contributed by atoms with Crippen LogP contribution in [0.2, 0.25) is 0 Å². The lowest BCUT2D eigenvalue weighted by Crippen LogP contribution is -2.38. The van der Waals surface area contributed by atoms with E-state index in [0.717, 1.165) is 24.1 Å². The molecule has 1 aliphatic carbocycles. The lowest BCUT2D eigenvalue weighted by atomic mass is 9.84. The molecule has 0 radical (unpaired) electrons. The van der Waals surface area contributed by atoms with Crippen molar-refractivity contribution in [2.24, 2.45) is 0 Å². The third-order valence-corrected chi connectivity index (χ3v) is 5.90. The van der Waals surface area contributed by atoms with Crippen molar-refractivity contribution in [3.63, 3.8) is 0 Å². The third kappa shape index (κ3) is 4.17. The first-order chi connectivity index (χ1) is 14.8. The van der Waals surface area contributed by atoms with Gasteiger partial charge in [0.15, 0.2) is 5.65 Å². The minimum atomic E-state index is -0.574. The van der Waals surface area contributed by atoms with Crippen LogP contribution in [0, 0.1) is 0 Å². The van der Waals surface area contributed by atoms with E-state index in [9.17, 15) is 14.4 Å². The summed E-state index contributed by atoms with van der Waals surface area (Å²) < 4.78 is 1.47. The molecule has 1 fully saturated rings. The smallest absolute Gasteiger partial charge is 0.329 e. The number of benzene rings is 1. The van der Waals surface area contributed by atoms with Crippen LogP contribution in [0.4, 0.5) is 0 Å². The van der Waals surface area contributed by atoms with E-state index in [-0.39, 0.29) is 28.2 Å². The largest absolute Gasteiger partial charge is 0.351 e. The number of aromatic nitrogens is 3. The summed E-state index contributed by atoms with van der Waals surface area (Å²) in [6, 6.07) is 11.7. The van der Waals surface area contributed by atoms with Gasteiger partial charge in [-0.2, -0.15) is 0 Å². The standard InChI is InChI=1S/C24H28N4O3/c1-4-12-28-20-19(22(30)27-23(28)31)17(13-18(26-20)15-10-11-15)21(29)25-14-24(2,3)16-8-6-5-7-9-16/h5-9,13,15H,4,10-12,14H2,1-3H3,(H,25,29)(H,27,30,31). The third-order valence-electron chi connectivity index (χ3n) is 5.90. The Morgan fingerprint density at radius 1 is 1.23 bits per heavy atom. The Bertz CT molecular complexity index is 1240. The van der Waals surface area contributed by atoms with Crippen LogP contribution >= 0.6 is 0 Å². The van der Waals surface area contributed by atoms with Crippen molar-refractivity contribution in [3.8, 4) is 0 Å². The van der Waals surface area contributed by atoms with Crippen molar-refractivity contribution in [3.05, 3.63) is 74.1 Å². The van der Waals surface area contributed by atoms with Gasteiger partial charge in [0.2, 0.25) is 0 Å². The summed E-state index contributed by atoms with van der Waals surface area (Å²) in [5.74, 6) is -0.0494. The molecular weight excluding hydrogens is 392 g/mol. The highest BCUT2D eigenvalue weighted by atomic mass is 16.2. The Kier molecular flexibility index (Phi) is 5.52. The molecule has 7 heteroatoms. The van der Waals surface area contributed by atoms with E-state index in [1.54, 1.807) is 6.07 Å². The molecule has 0 spiro atoms. The normalized spacial score (nSPS) is 14.0. The van der Waals surface area contributed by atoms with Gasteiger partial charge in [-0.15, -0.1) is 0 Å². The average Bonchev–Trinajstić information content (AvgIpc) is 3.60. The molecule has 1 saturated carbocycles. The second-order valence-corrected chi connectivity index (χ2v) is 8.91. The summed E-state index contributed by atoms with van der Waals surface area (Å²) in [5, 5.41) is 3.18. The van der Waals surface area contributed by atoms with Crippen molar-refractivity contribution in [2.45, 2.75) is 57.9 Å². The molecule has 2 aromatic heterocycles. The fourth-order valence-corrected chi connectivity index (χ4v) is 3.88. The van der Waals surface area contributed by atoms with Crippen LogP contribution in [0.25, 0.3) is 11.0 Å². The number of amides is 1. The average molecular weight is 421 g/mol. The van der Waals surface area contributed by atoms with Crippen LogP contribution < -0.4 is 16.6 Å². The number of hydrogen-bond acceptors (Lipinski definition) is 4. The summed E-state index contributed by atoms with van der Waals surface area (Å²) >= 11 is 0. The zero-order valence-electron chi connectivity index (χ0n) is 18.2. The van der Waals surface area contributed by atoms with Gasteiger partial charge in [0.1, 0.15) is 0 Å². The topological polar surface area (TPSA) is 96.9 Å². The van der Waals surface area contributed by atoms with Gasteiger partial charge in [-0.05, 0) is 30.9 Å². The number of carbonyl (C=O) groups is 1. The van der Waals surface area contributed by atoms with E-state index in [0.29, 0.717) is 25.2 Å². The quantitative estimate of drug-likeness (QED) is 0.614. The number of hydrogen-bond donors (Lipinski definition) is 2. The molecule has 2 heterocycles.